The Hall–Kier alpha value is -0.0800. The van der Waals surface area contributed by atoms with Gasteiger partial charge in [-0.15, -0.1) is 0 Å². The second-order valence-corrected chi connectivity index (χ2v) is 5.05. The van der Waals surface area contributed by atoms with Crippen LogP contribution in [0.2, 0.25) is 0 Å². The van der Waals surface area contributed by atoms with Crippen molar-refractivity contribution in [3.05, 3.63) is 0 Å². The van der Waals surface area contributed by atoms with Crippen LogP contribution < -0.4 is 4.13 Å². The Labute approximate surface area is 64.7 Å². The Morgan fingerprint density at radius 1 is 1.55 bits per heavy atom. The normalized spacial score (nSPS) is 20.7. The van der Waals surface area contributed by atoms with E-state index in [1.807, 2.05) is 0 Å². The molecule has 1 N–H and O–H groups in total. The lowest BCUT2D eigenvalue weighted by Crippen LogP contribution is -2.36. The first-order valence-electron chi connectivity index (χ1n) is 2.21. The predicted octanol–water partition coefficient (Wildman–Crippen LogP) is 0.0207. The maximum absolute atomic E-state index is 11.7. The summed E-state index contributed by atoms with van der Waals surface area (Å²) in [5.74, 6) is 2.38. The van der Waals surface area contributed by atoms with E-state index in [0.29, 0.717) is 0 Å². The van der Waals surface area contributed by atoms with Gasteiger partial charge in [-0.1, -0.05) is 0 Å². The minimum atomic E-state index is -4.96. The molecule has 11 heavy (non-hydrogen) atoms. The number of halogens is 3. The molecule has 0 aromatic rings. The summed E-state index contributed by atoms with van der Waals surface area (Å²) in [6.07, 6.45) is 0.941. The average molecular weight is 209 g/mol. The highest BCUT2D eigenvalue weighted by atomic mass is 32.3. The molecule has 3 nitrogen and oxygen atoms in total. The topological polar surface area (TPSA) is 46.2 Å². The average Bonchev–Trinajstić information content (AvgIpc) is 1.56. The van der Waals surface area contributed by atoms with E-state index in [0.717, 1.165) is 6.26 Å². The van der Waals surface area contributed by atoms with Crippen molar-refractivity contribution in [2.24, 2.45) is 0 Å². The molecule has 0 aliphatic carbocycles. The van der Waals surface area contributed by atoms with Crippen molar-refractivity contribution in [3.8, 4) is 0 Å². The van der Waals surface area contributed by atoms with Crippen molar-refractivity contribution in [2.45, 2.75) is 5.51 Å². The van der Waals surface area contributed by atoms with E-state index < -0.39 is 26.2 Å². The van der Waals surface area contributed by atoms with E-state index in [1.54, 1.807) is 0 Å². The molecule has 0 radical (unpaired) electrons. The third kappa shape index (κ3) is 3.21. The number of rotatable bonds is 2. The fraction of sp³-hybridized carbons (Fsp3) is 0.667. The van der Waals surface area contributed by atoms with Gasteiger partial charge < -0.3 is 0 Å². The van der Waals surface area contributed by atoms with Crippen LogP contribution in [0.4, 0.5) is 13.2 Å². The lowest BCUT2D eigenvalue weighted by atomic mass is 11.6. The molecule has 68 valence electrons. The van der Waals surface area contributed by atoms with Gasteiger partial charge in [0.05, 0.1) is 0 Å². The third-order valence-corrected chi connectivity index (χ3v) is 3.39. The summed E-state index contributed by atoms with van der Waals surface area (Å²) in [5, 5.41) is 0. The van der Waals surface area contributed by atoms with Gasteiger partial charge in [-0.2, -0.15) is 17.3 Å². The van der Waals surface area contributed by atoms with Crippen molar-refractivity contribution < 1.29 is 21.6 Å². The Morgan fingerprint density at radius 3 is 2.00 bits per heavy atom. The molecule has 2 atom stereocenters. The standard InChI is InChI=1S/C3H6F3NO2S2/c1-10(8)7-11(2,9)3(4,5)6/h2H2,1H3,(H,7,9). The third-order valence-electron chi connectivity index (χ3n) is 0.626. The van der Waals surface area contributed by atoms with Gasteiger partial charge in [0, 0.05) is 6.26 Å². The fourth-order valence-electron chi connectivity index (χ4n) is 0.237. The summed E-state index contributed by atoms with van der Waals surface area (Å²) in [6, 6.07) is 0. The molecule has 0 saturated carbocycles. The lowest BCUT2D eigenvalue weighted by Gasteiger charge is -2.11. The first kappa shape index (κ1) is 10.9. The number of hydrogen-bond acceptors (Lipinski definition) is 2. The SMILES string of the molecule is C=S(=O)(NS(C)=O)C(F)(F)F. The second kappa shape index (κ2) is 3.11. The number of alkyl halides is 3. The summed E-state index contributed by atoms with van der Waals surface area (Å²) in [5.41, 5.74) is -4.96. The van der Waals surface area contributed by atoms with Crippen LogP contribution in [0.15, 0.2) is 0 Å². The van der Waals surface area contributed by atoms with Gasteiger partial charge in [0.25, 0.3) is 0 Å². The van der Waals surface area contributed by atoms with Crippen LogP contribution in [0.3, 0.4) is 0 Å². The van der Waals surface area contributed by atoms with Crippen molar-refractivity contribution in [2.75, 3.05) is 6.26 Å². The fourth-order valence-corrected chi connectivity index (χ4v) is 2.13. The monoisotopic (exact) mass is 209 g/mol. The van der Waals surface area contributed by atoms with Crippen molar-refractivity contribution in [1.82, 2.24) is 4.13 Å². The van der Waals surface area contributed by atoms with E-state index in [-0.39, 0.29) is 0 Å². The van der Waals surface area contributed by atoms with E-state index in [4.69, 9.17) is 0 Å². The minimum Gasteiger partial charge on any atom is -0.243 e. The summed E-state index contributed by atoms with van der Waals surface area (Å²) in [4.78, 5) is 0. The molecule has 0 aliphatic rings. The Kier molecular flexibility index (Phi) is 3.09. The molecular formula is C3H6F3NO2S2. The van der Waals surface area contributed by atoms with Crippen LogP contribution in [0, 0.1) is 0 Å². The molecule has 2 unspecified atom stereocenters. The largest absolute Gasteiger partial charge is 0.477 e. The molecule has 0 heterocycles. The van der Waals surface area contributed by atoms with Gasteiger partial charge in [0.15, 0.2) is 0 Å². The highest BCUT2D eigenvalue weighted by Crippen LogP contribution is 2.21. The van der Waals surface area contributed by atoms with E-state index in [1.165, 1.54) is 4.13 Å². The Balaban J connectivity index is 4.64. The summed E-state index contributed by atoms with van der Waals surface area (Å²) < 4.78 is 57.0. The molecule has 0 aromatic heterocycles. The molecule has 0 aliphatic heterocycles. The summed E-state index contributed by atoms with van der Waals surface area (Å²) >= 11 is 0. The quantitative estimate of drug-likeness (QED) is 0.652. The van der Waals surface area contributed by atoms with Crippen LogP contribution in [0.5, 0.6) is 0 Å². The predicted molar refractivity (Wildman–Crippen MR) is 38.5 cm³/mol. The van der Waals surface area contributed by atoms with Crippen LogP contribution in [-0.4, -0.2) is 26.1 Å². The number of nitrogens with one attached hydrogen (secondary N) is 1. The molecule has 0 saturated heterocycles. The smallest absolute Gasteiger partial charge is 0.243 e. The van der Waals surface area contributed by atoms with Crippen LogP contribution in [0.1, 0.15) is 0 Å². The summed E-state index contributed by atoms with van der Waals surface area (Å²) in [7, 11) is -6.44. The van der Waals surface area contributed by atoms with E-state index in [2.05, 4.69) is 5.87 Å². The zero-order valence-corrected chi connectivity index (χ0v) is 7.11. The summed E-state index contributed by atoms with van der Waals surface area (Å²) in [6.45, 7) is 0. The van der Waals surface area contributed by atoms with E-state index in [9.17, 15) is 21.6 Å². The van der Waals surface area contributed by atoms with Crippen molar-refractivity contribution in [1.29, 1.82) is 0 Å². The molecule has 0 rings (SSSR count). The van der Waals surface area contributed by atoms with E-state index >= 15 is 0 Å². The first-order valence-corrected chi connectivity index (χ1v) is 5.49. The Morgan fingerprint density at radius 2 is 1.91 bits per heavy atom. The van der Waals surface area contributed by atoms with Gasteiger partial charge in [-0.3, -0.25) is 0 Å². The van der Waals surface area contributed by atoms with Gasteiger partial charge in [0.2, 0.25) is 0 Å². The van der Waals surface area contributed by atoms with Gasteiger partial charge in [-0.05, 0) is 5.87 Å². The van der Waals surface area contributed by atoms with Gasteiger partial charge in [-0.25, -0.2) is 8.42 Å². The molecule has 0 bridgehead atoms. The van der Waals surface area contributed by atoms with Crippen LogP contribution in [0.25, 0.3) is 0 Å². The van der Waals surface area contributed by atoms with Crippen molar-refractivity contribution in [3.63, 3.8) is 0 Å². The Bertz CT molecular complexity index is 254. The first-order chi connectivity index (χ1) is 4.67. The molecule has 0 aromatic carbocycles. The lowest BCUT2D eigenvalue weighted by molar-refractivity contribution is -0.0396. The number of hydrogen-bond donors (Lipinski definition) is 1. The zero-order valence-electron chi connectivity index (χ0n) is 5.47. The maximum atomic E-state index is 11.7. The highest BCUT2D eigenvalue weighted by molar-refractivity contribution is 8.07. The van der Waals surface area contributed by atoms with Crippen LogP contribution in [-0.2, 0) is 20.7 Å². The highest BCUT2D eigenvalue weighted by Gasteiger charge is 2.40. The van der Waals surface area contributed by atoms with Crippen molar-refractivity contribution >= 4 is 26.6 Å². The zero-order chi connectivity index (χ0) is 9.28. The molecular weight excluding hydrogens is 203 g/mol. The molecule has 0 amide bonds. The molecule has 0 fully saturated rings. The second-order valence-electron chi connectivity index (χ2n) is 1.66. The maximum Gasteiger partial charge on any atom is 0.477 e. The van der Waals surface area contributed by atoms with Gasteiger partial charge in [0.1, 0.15) is 20.7 Å². The molecule has 0 spiro atoms. The van der Waals surface area contributed by atoms with Crippen LogP contribution >= 0.6 is 0 Å². The van der Waals surface area contributed by atoms with Gasteiger partial charge >= 0.3 is 5.51 Å². The minimum absolute atomic E-state index is 0.941. The molecule has 8 heteroatoms.